The van der Waals surface area contributed by atoms with Crippen molar-refractivity contribution >= 4 is 34.6 Å². The second-order valence-electron chi connectivity index (χ2n) is 9.48. The van der Waals surface area contributed by atoms with Crippen LogP contribution in [-0.2, 0) is 0 Å². The van der Waals surface area contributed by atoms with Crippen LogP contribution in [0.15, 0.2) is 143 Å². The standard InChI is InChI=1S/C36H26N2O2/c39-35-17-15-29(25-9-3-1-4-10-25)19-31(35)23-37-33-21-27-13-7-8-14-28(27)22-34(33)38-24-32-20-30(16-18-36(32)40)26-11-5-2-6-12-26/h1-24,39-40H. The van der Waals surface area contributed by atoms with Crippen molar-refractivity contribution in [2.75, 3.05) is 0 Å². The topological polar surface area (TPSA) is 65.2 Å². The predicted octanol–water partition coefficient (Wildman–Crippen LogP) is 9.09. The van der Waals surface area contributed by atoms with Crippen molar-refractivity contribution < 1.29 is 10.2 Å². The first-order valence-electron chi connectivity index (χ1n) is 13.0. The summed E-state index contributed by atoms with van der Waals surface area (Å²) >= 11 is 0. The molecule has 0 saturated carbocycles. The van der Waals surface area contributed by atoms with Crippen LogP contribution < -0.4 is 0 Å². The minimum atomic E-state index is 0.150. The summed E-state index contributed by atoms with van der Waals surface area (Å²) in [6.45, 7) is 0. The van der Waals surface area contributed by atoms with Crippen LogP contribution in [0.1, 0.15) is 11.1 Å². The number of aliphatic imine (C=N–C) groups is 2. The molecule has 6 aromatic carbocycles. The first-order chi connectivity index (χ1) is 19.6. The van der Waals surface area contributed by atoms with E-state index in [1.165, 1.54) is 0 Å². The average Bonchev–Trinajstić information content (AvgIpc) is 3.01. The van der Waals surface area contributed by atoms with Crippen molar-refractivity contribution in [2.45, 2.75) is 0 Å². The summed E-state index contributed by atoms with van der Waals surface area (Å²) in [5.41, 5.74) is 6.62. The van der Waals surface area contributed by atoms with Crippen molar-refractivity contribution in [2.24, 2.45) is 9.98 Å². The molecule has 6 rings (SSSR count). The van der Waals surface area contributed by atoms with E-state index < -0.39 is 0 Å². The molecule has 0 aromatic heterocycles. The van der Waals surface area contributed by atoms with Gasteiger partial charge in [0, 0.05) is 23.6 Å². The Morgan fingerprint density at radius 1 is 0.400 bits per heavy atom. The zero-order chi connectivity index (χ0) is 27.3. The van der Waals surface area contributed by atoms with Crippen molar-refractivity contribution in [1.29, 1.82) is 0 Å². The SMILES string of the molecule is Oc1ccc(-c2ccccc2)cc1C=Nc1cc2ccccc2cc1N=Cc1cc(-c2ccccc2)ccc1O. The highest BCUT2D eigenvalue weighted by Crippen LogP contribution is 2.34. The summed E-state index contributed by atoms with van der Waals surface area (Å²) in [6, 6.07) is 43.1. The lowest BCUT2D eigenvalue weighted by molar-refractivity contribution is 0.474. The molecule has 0 amide bonds. The molecule has 0 aliphatic rings. The number of benzene rings is 6. The number of phenolic OH excluding ortho intramolecular Hbond substituents is 2. The van der Waals surface area contributed by atoms with Gasteiger partial charge in [0.25, 0.3) is 0 Å². The van der Waals surface area contributed by atoms with Gasteiger partial charge < -0.3 is 10.2 Å². The molecule has 0 unspecified atom stereocenters. The van der Waals surface area contributed by atoms with Crippen molar-refractivity contribution in [3.05, 3.63) is 145 Å². The summed E-state index contributed by atoms with van der Waals surface area (Å²) in [7, 11) is 0. The molecule has 4 heteroatoms. The van der Waals surface area contributed by atoms with Crippen LogP contribution >= 0.6 is 0 Å². The smallest absolute Gasteiger partial charge is 0.124 e. The lowest BCUT2D eigenvalue weighted by Crippen LogP contribution is -1.87. The molecule has 0 fully saturated rings. The molecular formula is C36H26N2O2. The highest BCUT2D eigenvalue weighted by Gasteiger charge is 2.08. The van der Waals surface area contributed by atoms with Gasteiger partial charge in [0.2, 0.25) is 0 Å². The molecule has 4 nitrogen and oxygen atoms in total. The van der Waals surface area contributed by atoms with Crippen LogP contribution in [0, 0.1) is 0 Å². The van der Waals surface area contributed by atoms with Crippen LogP contribution in [-0.4, -0.2) is 22.6 Å². The van der Waals surface area contributed by atoms with E-state index in [0.29, 0.717) is 22.5 Å². The fourth-order valence-electron chi connectivity index (χ4n) is 4.64. The van der Waals surface area contributed by atoms with Crippen LogP contribution in [0.4, 0.5) is 11.4 Å². The van der Waals surface area contributed by atoms with Gasteiger partial charge in [-0.05, 0) is 69.4 Å². The van der Waals surface area contributed by atoms with E-state index >= 15 is 0 Å². The lowest BCUT2D eigenvalue weighted by Gasteiger charge is -2.07. The largest absolute Gasteiger partial charge is 0.507 e. The van der Waals surface area contributed by atoms with E-state index in [1.54, 1.807) is 24.6 Å². The number of phenols is 2. The maximum atomic E-state index is 10.6. The van der Waals surface area contributed by atoms with E-state index in [4.69, 9.17) is 9.98 Å². The van der Waals surface area contributed by atoms with E-state index in [0.717, 1.165) is 33.0 Å². The van der Waals surface area contributed by atoms with Gasteiger partial charge in [-0.1, -0.05) is 97.1 Å². The van der Waals surface area contributed by atoms with Crippen molar-refractivity contribution in [3.63, 3.8) is 0 Å². The summed E-state index contributed by atoms with van der Waals surface area (Å²) in [5, 5.41) is 23.2. The van der Waals surface area contributed by atoms with Gasteiger partial charge >= 0.3 is 0 Å². The minimum absolute atomic E-state index is 0.150. The number of fused-ring (bicyclic) bond motifs is 1. The number of nitrogens with zero attached hydrogens (tertiary/aromatic N) is 2. The van der Waals surface area contributed by atoms with Crippen LogP contribution in [0.2, 0.25) is 0 Å². The van der Waals surface area contributed by atoms with Gasteiger partial charge in [-0.3, -0.25) is 9.98 Å². The number of rotatable bonds is 6. The molecule has 2 N–H and O–H groups in total. The Hall–Kier alpha value is -5.48. The molecular weight excluding hydrogens is 492 g/mol. The monoisotopic (exact) mass is 518 g/mol. The second kappa shape index (κ2) is 11.1. The normalized spacial score (nSPS) is 11.5. The lowest BCUT2D eigenvalue weighted by atomic mass is 10.0. The van der Waals surface area contributed by atoms with Crippen LogP contribution in [0.5, 0.6) is 11.5 Å². The van der Waals surface area contributed by atoms with E-state index in [2.05, 4.69) is 0 Å². The third-order valence-electron chi connectivity index (χ3n) is 6.80. The highest BCUT2D eigenvalue weighted by atomic mass is 16.3. The van der Waals surface area contributed by atoms with E-state index in [1.807, 2.05) is 121 Å². The fraction of sp³-hybridized carbons (Fsp3) is 0. The molecule has 0 aliphatic carbocycles. The number of aromatic hydroxyl groups is 2. The molecule has 6 aromatic rings. The Morgan fingerprint density at radius 3 is 1.23 bits per heavy atom. The maximum absolute atomic E-state index is 10.6. The Labute approximate surface area is 232 Å². The first kappa shape index (κ1) is 24.8. The summed E-state index contributed by atoms with van der Waals surface area (Å²) < 4.78 is 0. The molecule has 40 heavy (non-hydrogen) atoms. The van der Waals surface area contributed by atoms with E-state index in [-0.39, 0.29) is 11.5 Å². The first-order valence-corrected chi connectivity index (χ1v) is 13.0. The zero-order valence-corrected chi connectivity index (χ0v) is 21.6. The van der Waals surface area contributed by atoms with Gasteiger partial charge in [-0.25, -0.2) is 0 Å². The summed E-state index contributed by atoms with van der Waals surface area (Å²) in [6.07, 6.45) is 3.33. The molecule has 0 saturated heterocycles. The summed E-state index contributed by atoms with van der Waals surface area (Å²) in [5.74, 6) is 0.300. The molecule has 0 heterocycles. The van der Waals surface area contributed by atoms with Crippen molar-refractivity contribution in [1.82, 2.24) is 0 Å². The Balaban J connectivity index is 1.39. The minimum Gasteiger partial charge on any atom is -0.507 e. The number of hydrogen-bond acceptors (Lipinski definition) is 4. The predicted molar refractivity (Wildman–Crippen MR) is 166 cm³/mol. The van der Waals surface area contributed by atoms with E-state index in [9.17, 15) is 10.2 Å². The Morgan fingerprint density at radius 2 is 0.800 bits per heavy atom. The zero-order valence-electron chi connectivity index (χ0n) is 21.6. The van der Waals surface area contributed by atoms with Crippen molar-refractivity contribution in [3.8, 4) is 33.8 Å². The quantitative estimate of drug-likeness (QED) is 0.216. The van der Waals surface area contributed by atoms with Gasteiger partial charge in [0.1, 0.15) is 11.5 Å². The molecule has 0 bridgehead atoms. The Kier molecular flexibility index (Phi) is 6.89. The molecule has 0 radical (unpaired) electrons. The van der Waals surface area contributed by atoms with Crippen LogP contribution in [0.25, 0.3) is 33.0 Å². The molecule has 192 valence electrons. The van der Waals surface area contributed by atoms with Crippen LogP contribution in [0.3, 0.4) is 0 Å². The molecule has 0 aliphatic heterocycles. The highest BCUT2D eigenvalue weighted by molar-refractivity contribution is 5.96. The maximum Gasteiger partial charge on any atom is 0.124 e. The average molecular weight is 519 g/mol. The van der Waals surface area contributed by atoms with Gasteiger partial charge in [0.15, 0.2) is 0 Å². The van der Waals surface area contributed by atoms with Gasteiger partial charge in [-0.2, -0.15) is 0 Å². The Bertz CT molecular complexity index is 1720. The van der Waals surface area contributed by atoms with Gasteiger partial charge in [-0.15, -0.1) is 0 Å². The van der Waals surface area contributed by atoms with Gasteiger partial charge in [0.05, 0.1) is 11.4 Å². The summed E-state index contributed by atoms with van der Waals surface area (Å²) in [4.78, 5) is 9.52. The molecule has 0 atom stereocenters. The molecule has 0 spiro atoms. The third kappa shape index (κ3) is 5.38. The number of hydrogen-bond donors (Lipinski definition) is 2. The second-order valence-corrected chi connectivity index (χ2v) is 9.48. The third-order valence-corrected chi connectivity index (χ3v) is 6.80. The fourth-order valence-corrected chi connectivity index (χ4v) is 4.64.